The molecule has 0 unspecified atom stereocenters. The maximum absolute atomic E-state index is 12.4. The van der Waals surface area contributed by atoms with Crippen LogP contribution in [0.25, 0.3) is 0 Å². The second-order valence-electron chi connectivity index (χ2n) is 7.27. The molecule has 0 atom stereocenters. The summed E-state index contributed by atoms with van der Waals surface area (Å²) in [7, 11) is -3.30. The van der Waals surface area contributed by atoms with Crippen molar-refractivity contribution in [3.63, 3.8) is 0 Å². The molecule has 1 saturated heterocycles. The molecule has 1 fully saturated rings. The highest BCUT2D eigenvalue weighted by Gasteiger charge is 2.25. The summed E-state index contributed by atoms with van der Waals surface area (Å²) in [6.45, 7) is 7.31. The van der Waals surface area contributed by atoms with Crippen LogP contribution in [0.5, 0.6) is 0 Å². The summed E-state index contributed by atoms with van der Waals surface area (Å²) in [4.78, 5) is 10.8. The van der Waals surface area contributed by atoms with Crippen LogP contribution in [0.4, 0.5) is 0 Å². The van der Waals surface area contributed by atoms with Gasteiger partial charge in [-0.2, -0.15) is 0 Å². The Kier molecular flexibility index (Phi) is 6.65. The van der Waals surface area contributed by atoms with Crippen LogP contribution in [-0.4, -0.2) is 46.7 Å². The Morgan fingerprint density at radius 1 is 1.15 bits per heavy atom. The van der Waals surface area contributed by atoms with Gasteiger partial charge in [-0.05, 0) is 56.0 Å². The number of nitrogens with zero attached hydrogens (tertiary/aromatic N) is 4. The topological polar surface area (TPSA) is 68.1 Å². The molecule has 2 aromatic rings. The lowest BCUT2D eigenvalue weighted by atomic mass is 9.90. The highest BCUT2D eigenvalue weighted by Crippen LogP contribution is 2.28. The van der Waals surface area contributed by atoms with Gasteiger partial charge in [0.1, 0.15) is 0 Å². The lowest BCUT2D eigenvalue weighted by Crippen LogP contribution is -2.33. The van der Waals surface area contributed by atoms with Gasteiger partial charge in [-0.1, -0.05) is 20.3 Å². The maximum atomic E-state index is 12.4. The average Bonchev–Trinajstić information content (AvgIpc) is 3.11. The molecule has 2 aromatic heterocycles. The first-order chi connectivity index (χ1) is 13.0. The van der Waals surface area contributed by atoms with Gasteiger partial charge in [0.05, 0.1) is 17.6 Å². The summed E-state index contributed by atoms with van der Waals surface area (Å²) in [5.74, 6) is 0.678. The summed E-state index contributed by atoms with van der Waals surface area (Å²) in [6.07, 6.45) is 9.71. The smallest absolute Gasteiger partial charge is 0.227 e. The minimum absolute atomic E-state index is 0.0902. The third-order valence-corrected chi connectivity index (χ3v) is 7.09. The standard InChI is InChI=1S/C20H30N4O2S/c1-3-5-12-24-19(15-22-20(24)27(25,26)4-2)16-23-13-8-18(9-14-23)17-6-10-21-11-7-17/h6-7,10-11,15,18H,3-5,8-9,12-14,16H2,1-2H3. The van der Waals surface area contributed by atoms with Crippen LogP contribution >= 0.6 is 0 Å². The van der Waals surface area contributed by atoms with Crippen molar-refractivity contribution in [1.82, 2.24) is 19.4 Å². The Morgan fingerprint density at radius 2 is 1.85 bits per heavy atom. The molecule has 3 heterocycles. The Hall–Kier alpha value is -1.73. The van der Waals surface area contributed by atoms with Gasteiger partial charge in [0.15, 0.2) is 0 Å². The molecular weight excluding hydrogens is 360 g/mol. The number of likely N-dealkylation sites (tertiary alicyclic amines) is 1. The van der Waals surface area contributed by atoms with Gasteiger partial charge in [0.2, 0.25) is 15.0 Å². The fourth-order valence-corrected chi connectivity index (χ4v) is 4.76. The van der Waals surface area contributed by atoms with E-state index in [0.29, 0.717) is 12.5 Å². The van der Waals surface area contributed by atoms with Crippen molar-refractivity contribution >= 4 is 9.84 Å². The maximum Gasteiger partial charge on any atom is 0.227 e. The van der Waals surface area contributed by atoms with Gasteiger partial charge in [0, 0.05) is 25.5 Å². The van der Waals surface area contributed by atoms with Crippen LogP contribution in [0.3, 0.4) is 0 Å². The van der Waals surface area contributed by atoms with E-state index in [2.05, 4.69) is 33.9 Å². The highest BCUT2D eigenvalue weighted by molar-refractivity contribution is 7.91. The van der Waals surface area contributed by atoms with Crippen molar-refractivity contribution in [1.29, 1.82) is 0 Å². The van der Waals surface area contributed by atoms with Crippen LogP contribution in [-0.2, 0) is 22.9 Å². The molecular formula is C20H30N4O2S. The van der Waals surface area contributed by atoms with Crippen LogP contribution < -0.4 is 0 Å². The SMILES string of the molecule is CCCCn1c(CN2CCC(c3ccncc3)CC2)cnc1S(=O)(=O)CC. The summed E-state index contributed by atoms with van der Waals surface area (Å²) < 4.78 is 26.7. The first kappa shape index (κ1) is 20.0. The lowest BCUT2D eigenvalue weighted by Gasteiger charge is -2.32. The van der Waals surface area contributed by atoms with E-state index >= 15 is 0 Å². The molecule has 0 N–H and O–H groups in total. The normalized spacial score (nSPS) is 16.7. The highest BCUT2D eigenvalue weighted by atomic mass is 32.2. The minimum Gasteiger partial charge on any atom is -0.318 e. The van der Waals surface area contributed by atoms with Crippen LogP contribution in [0.15, 0.2) is 35.9 Å². The summed E-state index contributed by atoms with van der Waals surface area (Å²) >= 11 is 0. The molecule has 0 radical (unpaired) electrons. The largest absolute Gasteiger partial charge is 0.318 e. The molecule has 0 bridgehead atoms. The Morgan fingerprint density at radius 3 is 2.48 bits per heavy atom. The second kappa shape index (κ2) is 8.97. The quantitative estimate of drug-likeness (QED) is 0.692. The molecule has 148 valence electrons. The molecule has 0 spiro atoms. The number of imidazole rings is 1. The lowest BCUT2D eigenvalue weighted by molar-refractivity contribution is 0.199. The summed E-state index contributed by atoms with van der Waals surface area (Å²) in [6, 6.07) is 4.23. The van der Waals surface area contributed by atoms with E-state index in [4.69, 9.17) is 0 Å². The molecule has 6 nitrogen and oxygen atoms in total. The molecule has 0 aromatic carbocycles. The molecule has 3 rings (SSSR count). The number of unbranched alkanes of at least 4 members (excludes halogenated alkanes) is 1. The first-order valence-corrected chi connectivity index (χ1v) is 11.6. The summed E-state index contributed by atoms with van der Waals surface area (Å²) in [5, 5.41) is 0.236. The molecule has 7 heteroatoms. The van der Waals surface area contributed by atoms with Gasteiger partial charge >= 0.3 is 0 Å². The van der Waals surface area contributed by atoms with Gasteiger partial charge in [-0.15, -0.1) is 0 Å². The van der Waals surface area contributed by atoms with Crippen molar-refractivity contribution in [2.45, 2.75) is 63.7 Å². The second-order valence-corrected chi connectivity index (χ2v) is 9.44. The van der Waals surface area contributed by atoms with Crippen molar-refractivity contribution in [3.05, 3.63) is 42.0 Å². The molecule has 27 heavy (non-hydrogen) atoms. The van der Waals surface area contributed by atoms with E-state index in [1.807, 2.05) is 17.0 Å². The van der Waals surface area contributed by atoms with E-state index in [0.717, 1.165) is 51.0 Å². The zero-order chi connectivity index (χ0) is 19.3. The fraction of sp³-hybridized carbons (Fsp3) is 0.600. The third-order valence-electron chi connectivity index (χ3n) is 5.45. The van der Waals surface area contributed by atoms with Crippen molar-refractivity contribution in [3.8, 4) is 0 Å². The summed E-state index contributed by atoms with van der Waals surface area (Å²) in [5.41, 5.74) is 2.38. The number of sulfone groups is 1. The van der Waals surface area contributed by atoms with Crippen molar-refractivity contribution in [2.75, 3.05) is 18.8 Å². The van der Waals surface area contributed by atoms with E-state index < -0.39 is 9.84 Å². The Bertz CT molecular complexity index is 825. The zero-order valence-electron chi connectivity index (χ0n) is 16.3. The van der Waals surface area contributed by atoms with E-state index in [9.17, 15) is 8.42 Å². The van der Waals surface area contributed by atoms with Gasteiger partial charge in [-0.3, -0.25) is 9.88 Å². The monoisotopic (exact) mass is 390 g/mol. The number of hydrogen-bond donors (Lipinski definition) is 0. The van der Waals surface area contributed by atoms with Crippen LogP contribution in [0.2, 0.25) is 0 Å². The van der Waals surface area contributed by atoms with Crippen molar-refractivity contribution in [2.24, 2.45) is 0 Å². The van der Waals surface area contributed by atoms with Gasteiger partial charge < -0.3 is 4.57 Å². The van der Waals surface area contributed by atoms with E-state index in [-0.39, 0.29) is 10.9 Å². The number of hydrogen-bond acceptors (Lipinski definition) is 5. The van der Waals surface area contributed by atoms with Crippen molar-refractivity contribution < 1.29 is 8.42 Å². The minimum atomic E-state index is -3.30. The number of pyridine rings is 1. The number of piperidine rings is 1. The third kappa shape index (κ3) is 4.76. The molecule has 0 aliphatic carbocycles. The van der Waals surface area contributed by atoms with E-state index in [1.165, 1.54) is 5.56 Å². The predicted octanol–water partition coefficient (Wildman–Crippen LogP) is 3.25. The predicted molar refractivity (Wildman–Crippen MR) is 106 cm³/mol. The van der Waals surface area contributed by atoms with Gasteiger partial charge in [0.25, 0.3) is 0 Å². The number of rotatable bonds is 8. The van der Waals surface area contributed by atoms with E-state index in [1.54, 1.807) is 13.1 Å². The van der Waals surface area contributed by atoms with Crippen LogP contribution in [0, 0.1) is 0 Å². The average molecular weight is 391 g/mol. The molecule has 0 saturated carbocycles. The molecule has 1 aliphatic rings. The first-order valence-electron chi connectivity index (χ1n) is 9.94. The fourth-order valence-electron chi connectivity index (χ4n) is 3.74. The Labute approximate surface area is 162 Å². The zero-order valence-corrected chi connectivity index (χ0v) is 17.2. The molecule has 1 aliphatic heterocycles. The molecule has 0 amide bonds. The Balaban J connectivity index is 1.69. The van der Waals surface area contributed by atoms with Crippen LogP contribution in [0.1, 0.15) is 56.7 Å². The van der Waals surface area contributed by atoms with Gasteiger partial charge in [-0.25, -0.2) is 13.4 Å². The number of aromatic nitrogens is 3.